The highest BCUT2D eigenvalue weighted by atomic mass is 35.5. The van der Waals surface area contributed by atoms with E-state index in [9.17, 15) is 13.6 Å². The number of nitrogens with two attached hydrogens (primary N) is 1. The molecule has 1 unspecified atom stereocenters. The number of hydrogen-bond acceptors (Lipinski definition) is 3. The molecule has 0 bridgehead atoms. The van der Waals surface area contributed by atoms with Crippen LogP contribution in [0.5, 0.6) is 0 Å². The van der Waals surface area contributed by atoms with Crippen molar-refractivity contribution in [3.8, 4) is 11.1 Å². The van der Waals surface area contributed by atoms with Crippen LogP contribution in [0.3, 0.4) is 0 Å². The molecule has 0 fully saturated rings. The number of fused-ring (bicyclic) bond motifs is 1. The molecule has 156 valence electrons. The third-order valence-electron chi connectivity index (χ3n) is 5.44. The minimum Gasteiger partial charge on any atom is -0.375 e. The number of primary amides is 1. The standard InChI is InChI=1S/C22H16ClF2N5O/c23-20-16(25)9-17-14(19(20)18-13(21(26)31)7-4-8-15(18)24)10-22(29-17,11-28-30-27)12-5-2-1-3-6-12/h1-9,29H,10-11H2,(H2,26,31). The van der Waals surface area contributed by atoms with Crippen LogP contribution in [0.25, 0.3) is 21.6 Å². The van der Waals surface area contributed by atoms with Gasteiger partial charge in [0.2, 0.25) is 5.91 Å². The second-order valence-electron chi connectivity index (χ2n) is 7.24. The lowest BCUT2D eigenvalue weighted by atomic mass is 9.84. The van der Waals surface area contributed by atoms with Crippen LogP contribution in [0.1, 0.15) is 21.5 Å². The molecule has 4 rings (SSSR count). The van der Waals surface area contributed by atoms with Crippen molar-refractivity contribution in [1.82, 2.24) is 0 Å². The molecule has 0 radical (unpaired) electrons. The maximum atomic E-state index is 14.9. The number of nitrogens with zero attached hydrogens (tertiary/aromatic N) is 3. The zero-order valence-electron chi connectivity index (χ0n) is 16.1. The van der Waals surface area contributed by atoms with Crippen LogP contribution in [0, 0.1) is 11.6 Å². The number of carbonyl (C=O) groups is 1. The summed E-state index contributed by atoms with van der Waals surface area (Å²) in [7, 11) is 0. The molecular formula is C22H16ClF2N5O. The number of azide groups is 1. The maximum Gasteiger partial charge on any atom is 0.249 e. The molecule has 3 aromatic carbocycles. The Morgan fingerprint density at radius 2 is 1.90 bits per heavy atom. The van der Waals surface area contributed by atoms with Crippen molar-refractivity contribution in [1.29, 1.82) is 0 Å². The van der Waals surface area contributed by atoms with Crippen LogP contribution in [0.15, 0.2) is 59.7 Å². The Kier molecular flexibility index (Phi) is 5.27. The molecule has 3 aromatic rings. The summed E-state index contributed by atoms with van der Waals surface area (Å²) in [6, 6.07) is 14.3. The summed E-state index contributed by atoms with van der Waals surface area (Å²) in [5.41, 5.74) is 14.9. The first-order valence-corrected chi connectivity index (χ1v) is 9.70. The van der Waals surface area contributed by atoms with Gasteiger partial charge in [0, 0.05) is 33.7 Å². The Morgan fingerprint density at radius 1 is 1.16 bits per heavy atom. The molecule has 1 aliphatic heterocycles. The Morgan fingerprint density at radius 3 is 2.58 bits per heavy atom. The van der Waals surface area contributed by atoms with Gasteiger partial charge in [0.25, 0.3) is 0 Å². The smallest absolute Gasteiger partial charge is 0.249 e. The normalized spacial score (nSPS) is 16.9. The fraction of sp³-hybridized carbons (Fsp3) is 0.136. The number of hydrogen-bond donors (Lipinski definition) is 2. The highest BCUT2D eigenvalue weighted by Gasteiger charge is 2.41. The molecule has 3 N–H and O–H groups in total. The topological polar surface area (TPSA) is 104 Å². The van der Waals surface area contributed by atoms with E-state index in [1.165, 1.54) is 18.2 Å². The van der Waals surface area contributed by atoms with Crippen LogP contribution in [-0.4, -0.2) is 12.5 Å². The zero-order valence-corrected chi connectivity index (χ0v) is 16.8. The Hall–Kier alpha value is -3.61. The Bertz CT molecular complexity index is 1240. The van der Waals surface area contributed by atoms with Gasteiger partial charge in [-0.1, -0.05) is 53.1 Å². The predicted molar refractivity (Wildman–Crippen MR) is 115 cm³/mol. The van der Waals surface area contributed by atoms with Gasteiger partial charge in [-0.25, -0.2) is 8.78 Å². The van der Waals surface area contributed by atoms with E-state index in [-0.39, 0.29) is 34.7 Å². The van der Waals surface area contributed by atoms with Crippen molar-refractivity contribution in [2.24, 2.45) is 10.8 Å². The van der Waals surface area contributed by atoms with Crippen molar-refractivity contribution in [3.05, 3.63) is 98.4 Å². The van der Waals surface area contributed by atoms with Crippen LogP contribution < -0.4 is 11.1 Å². The average Bonchev–Trinajstić information content (AvgIpc) is 3.13. The van der Waals surface area contributed by atoms with E-state index in [1.807, 2.05) is 30.3 Å². The largest absolute Gasteiger partial charge is 0.375 e. The summed E-state index contributed by atoms with van der Waals surface area (Å²) in [5.74, 6) is -2.40. The van der Waals surface area contributed by atoms with Crippen LogP contribution in [0.4, 0.5) is 14.5 Å². The van der Waals surface area contributed by atoms with Crippen molar-refractivity contribution in [2.75, 3.05) is 11.9 Å². The Balaban J connectivity index is 1.99. The highest BCUT2D eigenvalue weighted by Crippen LogP contribution is 2.48. The van der Waals surface area contributed by atoms with Crippen molar-refractivity contribution < 1.29 is 13.6 Å². The van der Waals surface area contributed by atoms with E-state index in [1.54, 1.807) is 0 Å². The van der Waals surface area contributed by atoms with Crippen molar-refractivity contribution >= 4 is 23.2 Å². The molecule has 1 atom stereocenters. The first-order chi connectivity index (χ1) is 14.9. The number of nitrogens with one attached hydrogen (secondary N) is 1. The number of rotatable bonds is 5. The highest BCUT2D eigenvalue weighted by molar-refractivity contribution is 6.34. The first kappa shape index (κ1) is 20.7. The molecule has 0 saturated heterocycles. The van der Waals surface area contributed by atoms with E-state index in [0.717, 1.165) is 11.6 Å². The van der Waals surface area contributed by atoms with Gasteiger partial charge in [-0.15, -0.1) is 0 Å². The van der Waals surface area contributed by atoms with E-state index in [4.69, 9.17) is 22.9 Å². The second kappa shape index (κ2) is 7.91. The van der Waals surface area contributed by atoms with Gasteiger partial charge in [-0.3, -0.25) is 4.79 Å². The number of carbonyl (C=O) groups excluding carboxylic acids is 1. The predicted octanol–water partition coefficient (Wildman–Crippen LogP) is 5.56. The molecule has 0 aliphatic carbocycles. The van der Waals surface area contributed by atoms with Crippen LogP contribution >= 0.6 is 11.6 Å². The summed E-state index contributed by atoms with van der Waals surface area (Å²) < 4.78 is 29.7. The summed E-state index contributed by atoms with van der Waals surface area (Å²) in [4.78, 5) is 14.8. The lowest BCUT2D eigenvalue weighted by Crippen LogP contribution is -2.36. The summed E-state index contributed by atoms with van der Waals surface area (Å²) in [5, 5.41) is 6.66. The molecule has 0 aromatic heterocycles. The molecule has 9 heteroatoms. The lowest BCUT2D eigenvalue weighted by Gasteiger charge is -2.29. The zero-order chi connectivity index (χ0) is 22.2. The van der Waals surface area contributed by atoms with E-state index < -0.39 is 23.1 Å². The van der Waals surface area contributed by atoms with E-state index in [0.29, 0.717) is 11.3 Å². The summed E-state index contributed by atoms with van der Waals surface area (Å²) in [6.07, 6.45) is 0.216. The van der Waals surface area contributed by atoms with Crippen molar-refractivity contribution in [2.45, 2.75) is 12.0 Å². The second-order valence-corrected chi connectivity index (χ2v) is 7.62. The lowest BCUT2D eigenvalue weighted by molar-refractivity contribution is 0.100. The third-order valence-corrected chi connectivity index (χ3v) is 5.81. The first-order valence-electron chi connectivity index (χ1n) is 9.32. The quantitative estimate of drug-likeness (QED) is 0.309. The molecular weight excluding hydrogens is 424 g/mol. The van der Waals surface area contributed by atoms with Gasteiger partial charge in [-0.05, 0) is 34.9 Å². The van der Waals surface area contributed by atoms with Gasteiger partial charge in [-0.2, -0.15) is 0 Å². The van der Waals surface area contributed by atoms with Gasteiger partial charge in [0.1, 0.15) is 11.6 Å². The number of amides is 1. The van der Waals surface area contributed by atoms with E-state index >= 15 is 0 Å². The minimum atomic E-state index is -0.903. The van der Waals surface area contributed by atoms with Crippen molar-refractivity contribution in [3.63, 3.8) is 0 Å². The summed E-state index contributed by atoms with van der Waals surface area (Å²) in [6.45, 7) is 0.0147. The monoisotopic (exact) mass is 439 g/mol. The minimum absolute atomic E-state index is 0.0147. The van der Waals surface area contributed by atoms with E-state index in [2.05, 4.69) is 15.3 Å². The SMILES string of the molecule is [N-]=[N+]=NCC1(c2ccccc2)Cc2c(cc(F)c(Cl)c2-c2c(F)cccc2C(N)=O)N1. The van der Waals surface area contributed by atoms with Gasteiger partial charge in [0.15, 0.2) is 0 Å². The molecule has 0 saturated carbocycles. The van der Waals surface area contributed by atoms with Crippen LogP contribution in [-0.2, 0) is 12.0 Å². The number of benzene rings is 3. The van der Waals surface area contributed by atoms with Gasteiger partial charge >= 0.3 is 0 Å². The molecule has 0 spiro atoms. The number of anilines is 1. The third kappa shape index (κ3) is 3.46. The summed E-state index contributed by atoms with van der Waals surface area (Å²) >= 11 is 6.30. The number of halogens is 3. The Labute approximate surface area is 181 Å². The molecule has 1 amide bonds. The fourth-order valence-electron chi connectivity index (χ4n) is 4.08. The molecule has 1 aliphatic rings. The van der Waals surface area contributed by atoms with Gasteiger partial charge in [0.05, 0.1) is 17.1 Å². The van der Waals surface area contributed by atoms with Crippen LogP contribution in [0.2, 0.25) is 5.02 Å². The maximum absolute atomic E-state index is 14.9. The molecule has 1 heterocycles. The van der Waals surface area contributed by atoms with Gasteiger partial charge < -0.3 is 11.1 Å². The average molecular weight is 440 g/mol. The fourth-order valence-corrected chi connectivity index (χ4v) is 4.34. The molecule has 31 heavy (non-hydrogen) atoms. The molecule has 6 nitrogen and oxygen atoms in total.